The van der Waals surface area contributed by atoms with Crippen LogP contribution in [0.25, 0.3) is 10.9 Å². The molecule has 0 spiro atoms. The number of rotatable bonds is 5. The van der Waals surface area contributed by atoms with Gasteiger partial charge in [0.25, 0.3) is 0 Å². The van der Waals surface area contributed by atoms with Crippen molar-refractivity contribution in [1.29, 1.82) is 0 Å². The van der Waals surface area contributed by atoms with Crippen molar-refractivity contribution in [2.45, 2.75) is 53.0 Å². The van der Waals surface area contributed by atoms with E-state index < -0.39 is 5.97 Å². The van der Waals surface area contributed by atoms with Crippen LogP contribution in [0.15, 0.2) is 18.2 Å². The molecule has 0 saturated carbocycles. The summed E-state index contributed by atoms with van der Waals surface area (Å²) >= 11 is 0. The Kier molecular flexibility index (Phi) is 4.17. The lowest BCUT2D eigenvalue weighted by Gasteiger charge is -2.14. The minimum Gasteiger partial charge on any atom is -0.478 e. The Morgan fingerprint density at radius 3 is 2.60 bits per heavy atom. The summed E-state index contributed by atoms with van der Waals surface area (Å²) in [6.07, 6.45) is 3.30. The van der Waals surface area contributed by atoms with Gasteiger partial charge in [-0.2, -0.15) is 0 Å². The molecule has 1 N–H and O–H groups in total. The number of hydrogen-bond donors (Lipinski definition) is 1. The second kappa shape index (κ2) is 5.70. The first-order valence-corrected chi connectivity index (χ1v) is 7.34. The van der Waals surface area contributed by atoms with Gasteiger partial charge in [0.15, 0.2) is 0 Å². The van der Waals surface area contributed by atoms with Crippen LogP contribution in [0.3, 0.4) is 0 Å². The molecule has 3 nitrogen and oxygen atoms in total. The van der Waals surface area contributed by atoms with Gasteiger partial charge in [0.2, 0.25) is 0 Å². The van der Waals surface area contributed by atoms with Gasteiger partial charge in [-0.1, -0.05) is 25.5 Å². The Morgan fingerprint density at radius 1 is 1.35 bits per heavy atom. The van der Waals surface area contributed by atoms with Crippen molar-refractivity contribution >= 4 is 16.9 Å². The minimum absolute atomic E-state index is 0.258. The lowest BCUT2D eigenvalue weighted by molar-refractivity contribution is 0.0698. The molecule has 1 aromatic carbocycles. The van der Waals surface area contributed by atoms with Crippen molar-refractivity contribution in [3.63, 3.8) is 0 Å². The van der Waals surface area contributed by atoms with Crippen molar-refractivity contribution in [3.05, 3.63) is 35.0 Å². The quantitative estimate of drug-likeness (QED) is 0.867. The molecule has 0 fully saturated rings. The van der Waals surface area contributed by atoms with E-state index in [1.807, 2.05) is 6.07 Å². The third kappa shape index (κ3) is 2.33. The third-order valence-corrected chi connectivity index (χ3v) is 3.93. The maximum absolute atomic E-state index is 11.5. The van der Waals surface area contributed by atoms with Crippen molar-refractivity contribution < 1.29 is 9.90 Å². The highest BCUT2D eigenvalue weighted by Gasteiger charge is 2.20. The lowest BCUT2D eigenvalue weighted by Crippen LogP contribution is -2.07. The molecule has 0 atom stereocenters. The Labute approximate surface area is 120 Å². The highest BCUT2D eigenvalue weighted by molar-refractivity contribution is 6.04. The van der Waals surface area contributed by atoms with Crippen LogP contribution in [0.5, 0.6) is 0 Å². The fraction of sp³-hybridized carbons (Fsp3) is 0.471. The number of nitrogens with zero attached hydrogens (tertiary/aromatic N) is 1. The largest absolute Gasteiger partial charge is 0.478 e. The highest BCUT2D eigenvalue weighted by atomic mass is 16.4. The Morgan fingerprint density at radius 2 is 2.05 bits per heavy atom. The molecule has 0 saturated heterocycles. The molecule has 3 heteroatoms. The van der Waals surface area contributed by atoms with E-state index in [1.165, 1.54) is 11.3 Å². The molecule has 0 aliphatic rings. The summed E-state index contributed by atoms with van der Waals surface area (Å²) in [5.41, 5.74) is 3.79. The SMILES string of the molecule is CCCCc1c(C)n(C(C)C)c2c(C(=O)O)cccc12. The van der Waals surface area contributed by atoms with Gasteiger partial charge in [-0.15, -0.1) is 0 Å². The Balaban J connectivity index is 2.79. The van der Waals surface area contributed by atoms with Crippen LogP contribution in [-0.4, -0.2) is 15.6 Å². The number of aromatic nitrogens is 1. The summed E-state index contributed by atoms with van der Waals surface area (Å²) < 4.78 is 2.17. The number of aryl methyl sites for hydroxylation is 1. The first-order chi connectivity index (χ1) is 9.49. The van der Waals surface area contributed by atoms with Gasteiger partial charge in [0.1, 0.15) is 0 Å². The molecular formula is C17H23NO2. The van der Waals surface area contributed by atoms with Gasteiger partial charge >= 0.3 is 5.97 Å². The fourth-order valence-electron chi connectivity index (χ4n) is 3.04. The van der Waals surface area contributed by atoms with Crippen molar-refractivity contribution in [2.75, 3.05) is 0 Å². The molecule has 0 amide bonds. The second-order valence-electron chi connectivity index (χ2n) is 5.64. The highest BCUT2D eigenvalue weighted by Crippen LogP contribution is 2.32. The molecule has 0 radical (unpaired) electrons. The number of carboxylic acids is 1. The van der Waals surface area contributed by atoms with Gasteiger partial charge in [-0.05, 0) is 45.2 Å². The lowest BCUT2D eigenvalue weighted by atomic mass is 10.0. The van der Waals surface area contributed by atoms with E-state index in [0.717, 1.165) is 30.2 Å². The van der Waals surface area contributed by atoms with Crippen LogP contribution < -0.4 is 0 Å². The minimum atomic E-state index is -0.850. The smallest absolute Gasteiger partial charge is 0.337 e. The number of aromatic carboxylic acids is 1. The van der Waals surface area contributed by atoms with Crippen LogP contribution in [0.2, 0.25) is 0 Å². The van der Waals surface area contributed by atoms with E-state index in [9.17, 15) is 9.90 Å². The van der Waals surface area contributed by atoms with E-state index in [-0.39, 0.29) is 6.04 Å². The van der Waals surface area contributed by atoms with Crippen molar-refractivity contribution in [3.8, 4) is 0 Å². The number of para-hydroxylation sites is 1. The summed E-state index contributed by atoms with van der Waals surface area (Å²) in [7, 11) is 0. The molecule has 0 bridgehead atoms. The standard InChI is InChI=1S/C17H23NO2/c1-5-6-8-13-12(4)18(11(2)3)16-14(13)9-7-10-15(16)17(19)20/h7,9-11H,5-6,8H2,1-4H3,(H,19,20). The molecule has 108 valence electrons. The predicted octanol–water partition coefficient (Wildman–Crippen LogP) is 4.57. The molecule has 0 unspecified atom stereocenters. The second-order valence-corrected chi connectivity index (χ2v) is 5.64. The molecule has 2 rings (SSSR count). The number of hydrogen-bond acceptors (Lipinski definition) is 1. The third-order valence-electron chi connectivity index (χ3n) is 3.93. The molecule has 1 heterocycles. The molecule has 0 aliphatic carbocycles. The van der Waals surface area contributed by atoms with Gasteiger partial charge in [0.05, 0.1) is 11.1 Å². The van der Waals surface area contributed by atoms with E-state index in [0.29, 0.717) is 5.56 Å². The first kappa shape index (κ1) is 14.6. The number of unbranched alkanes of at least 4 members (excludes halogenated alkanes) is 1. The van der Waals surface area contributed by atoms with E-state index in [2.05, 4.69) is 38.3 Å². The molecule has 0 aliphatic heterocycles. The topological polar surface area (TPSA) is 42.2 Å². The van der Waals surface area contributed by atoms with Gasteiger partial charge in [-0.25, -0.2) is 4.79 Å². The molecule has 20 heavy (non-hydrogen) atoms. The number of carboxylic acid groups (broad SMARTS) is 1. The zero-order valence-electron chi connectivity index (χ0n) is 12.7. The van der Waals surface area contributed by atoms with Crippen LogP contribution >= 0.6 is 0 Å². The zero-order valence-corrected chi connectivity index (χ0v) is 12.7. The van der Waals surface area contributed by atoms with Crippen LogP contribution in [0.4, 0.5) is 0 Å². The van der Waals surface area contributed by atoms with Crippen molar-refractivity contribution in [1.82, 2.24) is 4.57 Å². The molecule has 2 aromatic rings. The zero-order chi connectivity index (χ0) is 14.9. The summed E-state index contributed by atoms with van der Waals surface area (Å²) in [6.45, 7) is 8.50. The summed E-state index contributed by atoms with van der Waals surface area (Å²) in [5.74, 6) is -0.850. The summed E-state index contributed by atoms with van der Waals surface area (Å²) in [4.78, 5) is 11.5. The summed E-state index contributed by atoms with van der Waals surface area (Å²) in [5, 5.41) is 10.6. The normalized spacial score (nSPS) is 11.4. The van der Waals surface area contributed by atoms with Gasteiger partial charge < -0.3 is 9.67 Å². The van der Waals surface area contributed by atoms with E-state index in [1.54, 1.807) is 6.07 Å². The van der Waals surface area contributed by atoms with E-state index >= 15 is 0 Å². The van der Waals surface area contributed by atoms with Crippen LogP contribution in [0, 0.1) is 6.92 Å². The Bertz CT molecular complexity index is 638. The van der Waals surface area contributed by atoms with Gasteiger partial charge in [-0.3, -0.25) is 0 Å². The van der Waals surface area contributed by atoms with Gasteiger partial charge in [0, 0.05) is 17.1 Å². The number of carbonyl (C=O) groups is 1. The average Bonchev–Trinajstić information content (AvgIpc) is 2.67. The maximum Gasteiger partial charge on any atom is 0.337 e. The fourth-order valence-corrected chi connectivity index (χ4v) is 3.04. The monoisotopic (exact) mass is 273 g/mol. The number of benzene rings is 1. The Hall–Kier alpha value is -1.77. The number of fused-ring (bicyclic) bond motifs is 1. The molecule has 1 aromatic heterocycles. The average molecular weight is 273 g/mol. The maximum atomic E-state index is 11.5. The molecular weight excluding hydrogens is 250 g/mol. The predicted molar refractivity (Wildman–Crippen MR) is 82.6 cm³/mol. The summed E-state index contributed by atoms with van der Waals surface area (Å²) in [6, 6.07) is 5.87. The van der Waals surface area contributed by atoms with Crippen LogP contribution in [-0.2, 0) is 6.42 Å². The van der Waals surface area contributed by atoms with Crippen molar-refractivity contribution in [2.24, 2.45) is 0 Å². The van der Waals surface area contributed by atoms with Crippen LogP contribution in [0.1, 0.15) is 61.3 Å². The van der Waals surface area contributed by atoms with E-state index in [4.69, 9.17) is 0 Å². The first-order valence-electron chi connectivity index (χ1n) is 7.34.